The zero-order valence-electron chi connectivity index (χ0n) is 29.1. The quantitative estimate of drug-likeness (QED) is 0.0608. The minimum absolute atomic E-state index is 0.0123. The number of aliphatic hydroxyl groups is 2. The van der Waals surface area contributed by atoms with Gasteiger partial charge in [-0.1, -0.05) is 13.8 Å². The highest BCUT2D eigenvalue weighted by Gasteiger charge is 2.57. The number of hydrogen-bond donors (Lipinski definition) is 9. The van der Waals surface area contributed by atoms with Crippen molar-refractivity contribution in [3.63, 3.8) is 0 Å². The second-order valence-electron chi connectivity index (χ2n) is 12.6. The Morgan fingerprint density at radius 2 is 1.74 bits per heavy atom. The summed E-state index contributed by atoms with van der Waals surface area (Å²) in [4.78, 5) is 86.6. The second-order valence-corrected chi connectivity index (χ2v) is 18.4. The molecule has 25 nitrogen and oxygen atoms in total. The molecule has 3 heterocycles. The number of phosphoric ester groups is 3. The highest BCUT2D eigenvalue weighted by molar-refractivity contribution is 7.85. The number of hydrogen-bond acceptors (Lipinski definition) is 18. The largest absolute Gasteiger partial charge is 0.481 e. The van der Waals surface area contributed by atoms with Gasteiger partial charge in [-0.05, 0) is 13.8 Å². The predicted octanol–water partition coefficient (Wildman–Crippen LogP) is -2.08. The van der Waals surface area contributed by atoms with Gasteiger partial charge in [-0.25, -0.2) is 28.6 Å². The Bertz CT molecular complexity index is 1860. The average Bonchev–Trinajstić information content (AvgIpc) is 3.58. The topological polar surface area (TPSA) is 381 Å². The molecule has 1 aliphatic heterocycles. The predicted molar refractivity (Wildman–Crippen MR) is 183 cm³/mol. The number of carbonyl (C=O) groups is 3. The van der Waals surface area contributed by atoms with E-state index in [-0.39, 0.29) is 53.8 Å². The number of nitrogens with two attached hydrogens (primary N) is 1. The van der Waals surface area contributed by atoms with Crippen molar-refractivity contribution >= 4 is 68.8 Å². The number of rotatable bonds is 21. The lowest BCUT2D eigenvalue weighted by Crippen LogP contribution is -2.46. The maximum atomic E-state index is 12.7. The summed E-state index contributed by atoms with van der Waals surface area (Å²) < 4.78 is 74.1. The van der Waals surface area contributed by atoms with E-state index in [0.717, 1.165) is 17.2 Å². The average molecular weight is 854 g/mol. The molecule has 0 aromatic carbocycles. The van der Waals surface area contributed by atoms with Crippen molar-refractivity contribution in [3.8, 4) is 0 Å². The monoisotopic (exact) mass is 853 g/mol. The third-order valence-corrected chi connectivity index (χ3v) is 12.1. The molecule has 2 aromatic rings. The van der Waals surface area contributed by atoms with E-state index < -0.39 is 94.9 Å². The highest BCUT2D eigenvalue weighted by Crippen LogP contribution is 2.61. The molecular weight excluding hydrogens is 811 g/mol. The molecule has 29 heteroatoms. The molecule has 306 valence electrons. The Morgan fingerprint density at radius 1 is 1.09 bits per heavy atom. The van der Waals surface area contributed by atoms with Crippen LogP contribution < -0.4 is 16.4 Å². The van der Waals surface area contributed by atoms with Crippen LogP contribution in [-0.4, -0.2) is 133 Å². The molecule has 0 spiro atoms. The number of nitrogens with zero attached hydrogens (tertiary/aromatic N) is 4. The molecule has 0 aliphatic carbocycles. The number of imidazole rings is 1. The summed E-state index contributed by atoms with van der Waals surface area (Å²) in [5.74, 6) is -1.95. The van der Waals surface area contributed by atoms with Crippen LogP contribution >= 0.6 is 23.5 Å². The van der Waals surface area contributed by atoms with E-state index in [9.17, 15) is 62.1 Å². The number of aromatic nitrogens is 4. The van der Waals surface area contributed by atoms with Crippen LogP contribution in [0.15, 0.2) is 12.7 Å². The van der Waals surface area contributed by atoms with Gasteiger partial charge in [-0.3, -0.25) is 36.7 Å². The number of fused-ring (bicyclic) bond motifs is 1. The van der Waals surface area contributed by atoms with Gasteiger partial charge in [-0.2, -0.15) is 4.31 Å². The van der Waals surface area contributed by atoms with Crippen LogP contribution in [0.2, 0.25) is 0 Å². The summed E-state index contributed by atoms with van der Waals surface area (Å²) in [6.45, 7) is 2.68. The third-order valence-electron chi connectivity index (χ3n) is 7.58. The molecule has 10 N–H and O–H groups in total. The number of Topliss-reactive ketones (excluding diaryl/α,β-unsaturated/α-hetero) is 1. The summed E-state index contributed by atoms with van der Waals surface area (Å²) in [6, 6.07) is 0. The SMILES string of the molecule is CC(=O)CS(=O)CCNC(=O)CCNC(=O)C(O)C(C)(C)COP(=O)(O)OP(=O)(O)OCC1OC(C)(n2cnc3c(N)ncnc32)C(O)C1OP(=O)(O)O. The first-order valence-corrected chi connectivity index (χ1v) is 21.5. The molecule has 8 unspecified atom stereocenters. The van der Waals surface area contributed by atoms with Gasteiger partial charge in [0, 0.05) is 41.5 Å². The van der Waals surface area contributed by atoms with Crippen LogP contribution in [0, 0.1) is 5.41 Å². The third kappa shape index (κ3) is 12.7. The van der Waals surface area contributed by atoms with Crippen LogP contribution in [0.1, 0.15) is 34.1 Å². The maximum absolute atomic E-state index is 12.7. The summed E-state index contributed by atoms with van der Waals surface area (Å²) >= 11 is 0. The maximum Gasteiger partial charge on any atom is 0.481 e. The number of nitrogens with one attached hydrogen (secondary N) is 2. The molecule has 3 rings (SSSR count). The first kappa shape index (κ1) is 45.7. The van der Waals surface area contributed by atoms with Crippen molar-refractivity contribution in [1.82, 2.24) is 30.2 Å². The number of ketones is 1. The van der Waals surface area contributed by atoms with E-state index >= 15 is 0 Å². The lowest BCUT2D eigenvalue weighted by Gasteiger charge is -2.30. The van der Waals surface area contributed by atoms with Gasteiger partial charge < -0.3 is 50.9 Å². The molecule has 1 fully saturated rings. The van der Waals surface area contributed by atoms with Crippen LogP contribution in [0.3, 0.4) is 0 Å². The van der Waals surface area contributed by atoms with Gasteiger partial charge in [0.05, 0.1) is 25.3 Å². The van der Waals surface area contributed by atoms with Crippen molar-refractivity contribution in [2.75, 3.05) is 43.5 Å². The number of aliphatic hydroxyl groups excluding tert-OH is 2. The standard InChI is InChI=1S/C25H42N7O18P3S/c1-14(33)10-54(45)8-7-27-16(34)5-6-28-23(37)20(36)24(2,3)11-47-53(43,44)50-52(41,42)46-9-15-18(49-51(38,39)40)19(35)25(4,48-15)32-13-31-17-21(26)29-12-30-22(17)32/h12-13,15,18-20,35-36H,5-11H2,1-4H3,(H,27,34)(H,28,37)(H,41,42)(H,43,44)(H2,26,29,30)(H2,38,39,40). The van der Waals surface area contributed by atoms with E-state index in [1.54, 1.807) is 0 Å². The summed E-state index contributed by atoms with van der Waals surface area (Å²) in [7, 11) is -17.9. The molecule has 8 atom stereocenters. The van der Waals surface area contributed by atoms with Gasteiger partial charge in [-0.15, -0.1) is 0 Å². The highest BCUT2D eigenvalue weighted by atomic mass is 32.2. The molecule has 2 amide bonds. The van der Waals surface area contributed by atoms with Crippen molar-refractivity contribution < 1.29 is 84.7 Å². The molecule has 0 radical (unpaired) electrons. The molecule has 54 heavy (non-hydrogen) atoms. The summed E-state index contributed by atoms with van der Waals surface area (Å²) in [5.41, 5.74) is 2.25. The van der Waals surface area contributed by atoms with E-state index in [0.29, 0.717) is 0 Å². The van der Waals surface area contributed by atoms with Gasteiger partial charge in [0.15, 0.2) is 17.2 Å². The lowest BCUT2D eigenvalue weighted by atomic mass is 9.87. The van der Waals surface area contributed by atoms with E-state index in [1.807, 2.05) is 0 Å². The van der Waals surface area contributed by atoms with Crippen molar-refractivity contribution in [3.05, 3.63) is 12.7 Å². The number of carbonyl (C=O) groups excluding carboxylic acids is 3. The minimum atomic E-state index is -5.60. The van der Waals surface area contributed by atoms with Crippen LogP contribution in [-0.2, 0) is 67.2 Å². The van der Waals surface area contributed by atoms with E-state index in [4.69, 9.17) is 24.0 Å². The normalized spacial score (nSPS) is 24.0. The van der Waals surface area contributed by atoms with E-state index in [1.165, 1.54) is 27.7 Å². The Labute approximate surface area is 309 Å². The molecule has 0 saturated carbocycles. The van der Waals surface area contributed by atoms with E-state index in [2.05, 4.69) is 29.9 Å². The number of anilines is 1. The smallest absolute Gasteiger partial charge is 0.385 e. The molecule has 1 saturated heterocycles. The first-order valence-electron chi connectivity index (χ1n) is 15.5. The molecule has 0 bridgehead atoms. The Balaban J connectivity index is 1.56. The lowest BCUT2D eigenvalue weighted by molar-refractivity contribution is -0.137. The van der Waals surface area contributed by atoms with Crippen molar-refractivity contribution in [2.45, 2.75) is 64.3 Å². The zero-order chi connectivity index (χ0) is 40.9. The first-order chi connectivity index (χ1) is 24.8. The summed E-state index contributed by atoms with van der Waals surface area (Å²) in [5, 5.41) is 26.4. The Morgan fingerprint density at radius 3 is 2.37 bits per heavy atom. The fourth-order valence-electron chi connectivity index (χ4n) is 4.86. The van der Waals surface area contributed by atoms with Gasteiger partial charge in [0.25, 0.3) is 0 Å². The van der Waals surface area contributed by atoms with Gasteiger partial charge >= 0.3 is 23.5 Å². The fraction of sp³-hybridized carbons (Fsp3) is 0.680. The molecule has 2 aromatic heterocycles. The summed E-state index contributed by atoms with van der Waals surface area (Å²) in [6.07, 6.45) is -5.62. The van der Waals surface area contributed by atoms with Crippen LogP contribution in [0.4, 0.5) is 5.82 Å². The number of nitrogen functional groups attached to an aromatic ring is 1. The number of ether oxygens (including phenoxy) is 1. The second kappa shape index (κ2) is 18.1. The van der Waals surface area contributed by atoms with Crippen molar-refractivity contribution in [2.24, 2.45) is 5.41 Å². The Kier molecular flexibility index (Phi) is 15.3. The Hall–Kier alpha value is -2.64. The van der Waals surface area contributed by atoms with Gasteiger partial charge in [0.2, 0.25) is 11.8 Å². The molecule has 1 aliphatic rings. The number of phosphoric acid groups is 3. The minimum Gasteiger partial charge on any atom is -0.385 e. The van der Waals surface area contributed by atoms with Crippen LogP contribution in [0.25, 0.3) is 11.2 Å². The number of amides is 2. The molecular formula is C25H42N7O18P3S. The van der Waals surface area contributed by atoms with Gasteiger partial charge in [0.1, 0.15) is 42.0 Å². The fourth-order valence-corrected chi connectivity index (χ4v) is 8.60. The van der Waals surface area contributed by atoms with Crippen molar-refractivity contribution in [1.29, 1.82) is 0 Å². The zero-order valence-corrected chi connectivity index (χ0v) is 32.6. The van der Waals surface area contributed by atoms with Crippen LogP contribution in [0.5, 0.6) is 0 Å².